The van der Waals surface area contributed by atoms with E-state index in [-0.39, 0.29) is 0 Å². The second kappa shape index (κ2) is 4.48. The lowest BCUT2D eigenvalue weighted by atomic mass is 10.1. The third-order valence-electron chi connectivity index (χ3n) is 2.80. The van der Waals surface area contributed by atoms with Crippen molar-refractivity contribution in [2.24, 2.45) is 0 Å². The molecule has 0 bridgehead atoms. The molecule has 0 saturated heterocycles. The number of aromatic nitrogens is 3. The molecular formula is C13H9Br2N3. The van der Waals surface area contributed by atoms with E-state index in [2.05, 4.69) is 41.8 Å². The number of hydrogen-bond acceptors (Lipinski definition) is 2. The Morgan fingerprint density at radius 3 is 2.50 bits per heavy atom. The maximum absolute atomic E-state index is 4.57. The summed E-state index contributed by atoms with van der Waals surface area (Å²) in [6.45, 7) is 2.05. The fraction of sp³-hybridized carbons (Fsp3) is 0.0769. The van der Waals surface area contributed by atoms with Crippen LogP contribution in [0.2, 0.25) is 0 Å². The molecule has 0 unspecified atom stereocenters. The van der Waals surface area contributed by atoms with Crippen LogP contribution in [0.3, 0.4) is 0 Å². The zero-order valence-electron chi connectivity index (χ0n) is 9.56. The van der Waals surface area contributed by atoms with Gasteiger partial charge in [-0.2, -0.15) is 0 Å². The molecule has 0 radical (unpaired) electrons. The molecule has 0 N–H and O–H groups in total. The minimum Gasteiger partial charge on any atom is -0.287 e. The summed E-state index contributed by atoms with van der Waals surface area (Å²) in [5, 5.41) is 0. The molecule has 3 nitrogen and oxygen atoms in total. The van der Waals surface area contributed by atoms with E-state index >= 15 is 0 Å². The Kier molecular flexibility index (Phi) is 2.95. The largest absolute Gasteiger partial charge is 0.287 e. The standard InChI is InChI=1S/C13H9Br2N3/c1-8-12(9-2-4-10(14)5-3-9)17-13-16-6-11(15)7-18(8)13/h2-7H,1H3. The van der Waals surface area contributed by atoms with Gasteiger partial charge in [0.2, 0.25) is 5.78 Å². The van der Waals surface area contributed by atoms with Gasteiger partial charge in [-0.25, -0.2) is 9.97 Å². The van der Waals surface area contributed by atoms with Crippen molar-refractivity contribution in [1.82, 2.24) is 14.4 Å². The first-order valence-electron chi connectivity index (χ1n) is 5.41. The van der Waals surface area contributed by atoms with E-state index in [1.165, 1.54) is 0 Å². The van der Waals surface area contributed by atoms with Gasteiger partial charge in [0.1, 0.15) is 0 Å². The summed E-state index contributed by atoms with van der Waals surface area (Å²) in [6.07, 6.45) is 3.74. The zero-order valence-corrected chi connectivity index (χ0v) is 12.7. The molecule has 2 heterocycles. The molecule has 2 aromatic heterocycles. The van der Waals surface area contributed by atoms with Gasteiger partial charge in [0.15, 0.2) is 0 Å². The van der Waals surface area contributed by atoms with Crippen LogP contribution in [0.4, 0.5) is 0 Å². The molecule has 0 aliphatic carbocycles. The Morgan fingerprint density at radius 2 is 1.78 bits per heavy atom. The van der Waals surface area contributed by atoms with Crippen molar-refractivity contribution in [2.75, 3.05) is 0 Å². The number of hydrogen-bond donors (Lipinski definition) is 0. The van der Waals surface area contributed by atoms with Gasteiger partial charge in [0.05, 0.1) is 10.2 Å². The highest BCUT2D eigenvalue weighted by molar-refractivity contribution is 9.10. The van der Waals surface area contributed by atoms with Crippen LogP contribution < -0.4 is 0 Å². The maximum Gasteiger partial charge on any atom is 0.234 e. The van der Waals surface area contributed by atoms with E-state index in [1.807, 2.05) is 41.8 Å². The highest BCUT2D eigenvalue weighted by Gasteiger charge is 2.11. The predicted octanol–water partition coefficient (Wildman–Crippen LogP) is 4.23. The fourth-order valence-corrected chi connectivity index (χ4v) is 2.47. The van der Waals surface area contributed by atoms with Crippen LogP contribution in [0.15, 0.2) is 45.6 Å². The lowest BCUT2D eigenvalue weighted by molar-refractivity contribution is 1.05. The molecule has 3 rings (SSSR count). The van der Waals surface area contributed by atoms with Crippen LogP contribution in [-0.4, -0.2) is 14.4 Å². The zero-order chi connectivity index (χ0) is 12.7. The fourth-order valence-electron chi connectivity index (χ4n) is 1.90. The second-order valence-electron chi connectivity index (χ2n) is 3.99. The number of aryl methyl sites for hydroxylation is 1. The number of rotatable bonds is 1. The number of fused-ring (bicyclic) bond motifs is 1. The van der Waals surface area contributed by atoms with E-state index in [9.17, 15) is 0 Å². The third-order valence-corrected chi connectivity index (χ3v) is 3.74. The Morgan fingerprint density at radius 1 is 1.06 bits per heavy atom. The molecule has 0 amide bonds. The number of halogens is 2. The minimum atomic E-state index is 0.716. The minimum absolute atomic E-state index is 0.716. The molecular weight excluding hydrogens is 358 g/mol. The molecule has 18 heavy (non-hydrogen) atoms. The van der Waals surface area contributed by atoms with Crippen molar-refractivity contribution in [3.05, 3.63) is 51.3 Å². The van der Waals surface area contributed by atoms with E-state index in [0.29, 0.717) is 5.78 Å². The third kappa shape index (κ3) is 1.97. The van der Waals surface area contributed by atoms with Crippen LogP contribution >= 0.6 is 31.9 Å². The van der Waals surface area contributed by atoms with E-state index < -0.39 is 0 Å². The van der Waals surface area contributed by atoms with E-state index in [4.69, 9.17) is 0 Å². The average molecular weight is 367 g/mol. The first-order chi connectivity index (χ1) is 8.65. The summed E-state index contributed by atoms with van der Waals surface area (Å²) in [5.74, 6) is 0.716. The van der Waals surface area contributed by atoms with Gasteiger partial charge in [0.25, 0.3) is 0 Å². The van der Waals surface area contributed by atoms with Crippen molar-refractivity contribution in [3.63, 3.8) is 0 Å². The Balaban J connectivity index is 2.23. The summed E-state index contributed by atoms with van der Waals surface area (Å²) < 4.78 is 3.99. The molecule has 0 aliphatic rings. The van der Waals surface area contributed by atoms with Crippen molar-refractivity contribution < 1.29 is 0 Å². The lowest BCUT2D eigenvalue weighted by Gasteiger charge is -1.99. The van der Waals surface area contributed by atoms with Crippen LogP contribution in [0.25, 0.3) is 17.0 Å². The van der Waals surface area contributed by atoms with E-state index in [0.717, 1.165) is 25.9 Å². The quantitative estimate of drug-likeness (QED) is 0.645. The van der Waals surface area contributed by atoms with Crippen molar-refractivity contribution >= 4 is 37.6 Å². The smallest absolute Gasteiger partial charge is 0.234 e. The van der Waals surface area contributed by atoms with Gasteiger partial charge >= 0.3 is 0 Å². The van der Waals surface area contributed by atoms with Crippen LogP contribution in [0.5, 0.6) is 0 Å². The SMILES string of the molecule is Cc1c(-c2ccc(Br)cc2)nc2ncc(Br)cn12. The highest BCUT2D eigenvalue weighted by atomic mass is 79.9. The summed E-state index contributed by atoms with van der Waals surface area (Å²) in [4.78, 5) is 8.87. The molecule has 0 fully saturated rings. The topological polar surface area (TPSA) is 30.2 Å². The number of nitrogens with zero attached hydrogens (tertiary/aromatic N) is 3. The first kappa shape index (κ1) is 11.9. The maximum atomic E-state index is 4.57. The van der Waals surface area contributed by atoms with Crippen LogP contribution in [-0.2, 0) is 0 Å². The van der Waals surface area contributed by atoms with Gasteiger partial charge in [-0.15, -0.1) is 0 Å². The highest BCUT2D eigenvalue weighted by Crippen LogP contribution is 2.25. The van der Waals surface area contributed by atoms with Crippen LogP contribution in [0, 0.1) is 6.92 Å². The lowest BCUT2D eigenvalue weighted by Crippen LogP contribution is -1.89. The number of benzene rings is 1. The monoisotopic (exact) mass is 365 g/mol. The van der Waals surface area contributed by atoms with Gasteiger partial charge in [-0.3, -0.25) is 4.40 Å². The Hall–Kier alpha value is -1.20. The predicted molar refractivity (Wildman–Crippen MR) is 78.6 cm³/mol. The summed E-state index contributed by atoms with van der Waals surface area (Å²) in [5.41, 5.74) is 3.14. The average Bonchev–Trinajstić information content (AvgIpc) is 2.68. The first-order valence-corrected chi connectivity index (χ1v) is 7.00. The van der Waals surface area contributed by atoms with Crippen molar-refractivity contribution in [2.45, 2.75) is 6.92 Å². The summed E-state index contributed by atoms with van der Waals surface area (Å²) in [7, 11) is 0. The molecule has 0 saturated carbocycles. The number of imidazole rings is 1. The summed E-state index contributed by atoms with van der Waals surface area (Å²) >= 11 is 6.86. The van der Waals surface area contributed by atoms with Gasteiger partial charge in [-0.05, 0) is 35.0 Å². The summed E-state index contributed by atoms with van der Waals surface area (Å²) in [6, 6.07) is 8.13. The van der Waals surface area contributed by atoms with Gasteiger partial charge in [-0.1, -0.05) is 28.1 Å². The molecule has 0 spiro atoms. The second-order valence-corrected chi connectivity index (χ2v) is 5.83. The van der Waals surface area contributed by atoms with Crippen molar-refractivity contribution in [3.8, 4) is 11.3 Å². The Bertz CT molecular complexity index is 717. The molecule has 0 atom stereocenters. The van der Waals surface area contributed by atoms with Gasteiger partial charge in [0, 0.05) is 28.1 Å². The molecule has 1 aromatic carbocycles. The Labute approximate surface area is 121 Å². The molecule has 3 aromatic rings. The van der Waals surface area contributed by atoms with E-state index in [1.54, 1.807) is 6.20 Å². The van der Waals surface area contributed by atoms with Gasteiger partial charge < -0.3 is 0 Å². The van der Waals surface area contributed by atoms with Crippen LogP contribution in [0.1, 0.15) is 5.69 Å². The molecule has 5 heteroatoms. The molecule has 0 aliphatic heterocycles. The molecule has 90 valence electrons. The van der Waals surface area contributed by atoms with Crippen molar-refractivity contribution in [1.29, 1.82) is 0 Å². The normalized spacial score (nSPS) is 11.1.